The lowest BCUT2D eigenvalue weighted by atomic mass is 9.96. The number of ether oxygens (including phenoxy) is 1. The predicted octanol–water partition coefficient (Wildman–Crippen LogP) is 2.19. The Labute approximate surface area is 177 Å². The highest BCUT2D eigenvalue weighted by molar-refractivity contribution is 7.89. The van der Waals surface area contributed by atoms with Crippen molar-refractivity contribution in [3.8, 4) is 0 Å². The molecule has 168 valence electrons. The zero-order valence-electron chi connectivity index (χ0n) is 17.3. The van der Waals surface area contributed by atoms with E-state index in [0.29, 0.717) is 25.9 Å². The summed E-state index contributed by atoms with van der Waals surface area (Å²) in [4.78, 5) is 25.8. The molecule has 0 spiro atoms. The van der Waals surface area contributed by atoms with Crippen molar-refractivity contribution < 1.29 is 32.3 Å². The number of amides is 1. The van der Waals surface area contributed by atoms with Crippen molar-refractivity contribution in [1.82, 2.24) is 9.21 Å². The van der Waals surface area contributed by atoms with Crippen molar-refractivity contribution in [1.29, 1.82) is 0 Å². The number of aromatic carboxylic acids is 1. The summed E-state index contributed by atoms with van der Waals surface area (Å²) in [6.45, 7) is 4.63. The number of hydrogen-bond donors (Lipinski definition) is 1. The predicted molar refractivity (Wildman–Crippen MR) is 108 cm³/mol. The van der Waals surface area contributed by atoms with Crippen molar-refractivity contribution in [2.75, 3.05) is 32.8 Å². The lowest BCUT2D eigenvalue weighted by Crippen LogP contribution is -2.44. The van der Waals surface area contributed by atoms with E-state index in [1.54, 1.807) is 0 Å². The largest absolute Gasteiger partial charge is 0.475 e. The summed E-state index contributed by atoms with van der Waals surface area (Å²) < 4.78 is 37.5. The Morgan fingerprint density at radius 1 is 1.13 bits per heavy atom. The molecule has 2 aliphatic heterocycles. The summed E-state index contributed by atoms with van der Waals surface area (Å²) in [6, 6.07) is 2.28. The summed E-state index contributed by atoms with van der Waals surface area (Å²) in [5.41, 5.74) is 0. The first-order chi connectivity index (χ1) is 14.3. The highest BCUT2D eigenvalue weighted by Crippen LogP contribution is 2.27. The fraction of sp³-hybridized carbons (Fsp3) is 0.700. The molecule has 2 fully saturated rings. The Kier molecular flexibility index (Phi) is 7.54. The molecule has 0 saturated carbocycles. The molecule has 3 heterocycles. The lowest BCUT2D eigenvalue weighted by Gasteiger charge is -2.33. The number of nitrogens with zero attached hydrogens (tertiary/aromatic N) is 2. The molecule has 1 aromatic rings. The van der Waals surface area contributed by atoms with Crippen molar-refractivity contribution in [2.24, 2.45) is 5.92 Å². The summed E-state index contributed by atoms with van der Waals surface area (Å²) in [7, 11) is -3.91. The summed E-state index contributed by atoms with van der Waals surface area (Å²) in [5, 5.41) is 8.54. The maximum Gasteiger partial charge on any atom is 0.371 e. The average molecular weight is 443 g/mol. The van der Waals surface area contributed by atoms with E-state index >= 15 is 0 Å². The minimum Gasteiger partial charge on any atom is -0.475 e. The van der Waals surface area contributed by atoms with Gasteiger partial charge in [-0.25, -0.2) is 13.2 Å². The second-order valence-electron chi connectivity index (χ2n) is 7.85. The molecule has 1 N–H and O–H groups in total. The quantitative estimate of drug-likeness (QED) is 0.688. The first kappa shape index (κ1) is 22.8. The van der Waals surface area contributed by atoms with Gasteiger partial charge in [0.25, 0.3) is 10.0 Å². The average Bonchev–Trinajstić information content (AvgIpc) is 3.14. The first-order valence-corrected chi connectivity index (χ1v) is 12.0. The molecule has 0 radical (unpaired) electrons. The Balaban J connectivity index is 1.54. The Morgan fingerprint density at radius 2 is 1.87 bits per heavy atom. The van der Waals surface area contributed by atoms with Gasteiger partial charge in [0.05, 0.1) is 6.10 Å². The second-order valence-corrected chi connectivity index (χ2v) is 9.72. The van der Waals surface area contributed by atoms with E-state index in [4.69, 9.17) is 14.3 Å². The Hall–Kier alpha value is -1.91. The van der Waals surface area contributed by atoms with Gasteiger partial charge in [-0.15, -0.1) is 0 Å². The smallest absolute Gasteiger partial charge is 0.371 e. The van der Waals surface area contributed by atoms with Crippen LogP contribution in [0.4, 0.5) is 0 Å². The number of carbonyl (C=O) groups excluding carboxylic acids is 1. The van der Waals surface area contributed by atoms with Crippen molar-refractivity contribution in [2.45, 2.75) is 56.6 Å². The molecule has 10 heteroatoms. The number of sulfonamides is 1. The van der Waals surface area contributed by atoms with Crippen LogP contribution in [0.1, 0.15) is 56.0 Å². The minimum absolute atomic E-state index is 0.0920. The van der Waals surface area contributed by atoms with Gasteiger partial charge in [-0.2, -0.15) is 4.31 Å². The van der Waals surface area contributed by atoms with E-state index in [9.17, 15) is 18.0 Å². The third-order valence-corrected chi connectivity index (χ3v) is 7.51. The van der Waals surface area contributed by atoms with Crippen LogP contribution in [0.5, 0.6) is 0 Å². The van der Waals surface area contributed by atoms with Gasteiger partial charge in [0.2, 0.25) is 16.8 Å². The molecular formula is C20H30N2O7S. The molecule has 1 unspecified atom stereocenters. The molecule has 3 rings (SSSR count). The standard InChI is InChI=1S/C20H30N2O7S/c1-2-14-28-16-4-3-10-21(11-9-16)19(23)15-7-12-22(13-8-15)30(26,27)18-6-5-17(29-18)20(24)25/h5-6,15-16H,2-4,7-14H2,1H3,(H,24,25). The Morgan fingerprint density at radius 3 is 2.50 bits per heavy atom. The van der Waals surface area contributed by atoms with Crippen LogP contribution >= 0.6 is 0 Å². The van der Waals surface area contributed by atoms with E-state index in [1.807, 2.05) is 4.90 Å². The zero-order valence-corrected chi connectivity index (χ0v) is 18.1. The third-order valence-electron chi connectivity index (χ3n) is 5.73. The molecule has 0 aliphatic carbocycles. The third kappa shape index (κ3) is 5.22. The molecule has 1 atom stereocenters. The molecule has 30 heavy (non-hydrogen) atoms. The number of piperidine rings is 1. The normalized spacial score (nSPS) is 22.0. The monoisotopic (exact) mass is 442 g/mol. The topological polar surface area (TPSA) is 117 Å². The fourth-order valence-electron chi connectivity index (χ4n) is 4.04. The molecule has 2 aliphatic rings. The van der Waals surface area contributed by atoms with E-state index in [-0.39, 0.29) is 36.1 Å². The first-order valence-electron chi connectivity index (χ1n) is 10.6. The molecule has 0 aromatic carbocycles. The van der Waals surface area contributed by atoms with Gasteiger partial charge in [-0.1, -0.05) is 6.92 Å². The maximum absolute atomic E-state index is 13.0. The summed E-state index contributed by atoms with van der Waals surface area (Å²) in [6.07, 6.45) is 4.78. The summed E-state index contributed by atoms with van der Waals surface area (Å²) in [5.74, 6) is -1.84. The van der Waals surface area contributed by atoms with Crippen LogP contribution in [0.25, 0.3) is 0 Å². The number of likely N-dealkylation sites (tertiary alicyclic amines) is 1. The number of carboxylic acid groups (broad SMARTS) is 1. The van der Waals surface area contributed by atoms with Crippen LogP contribution in [0.3, 0.4) is 0 Å². The van der Waals surface area contributed by atoms with Crippen molar-refractivity contribution >= 4 is 21.9 Å². The molecule has 1 amide bonds. The van der Waals surface area contributed by atoms with E-state index in [2.05, 4.69) is 6.92 Å². The molecule has 2 saturated heterocycles. The highest BCUT2D eigenvalue weighted by atomic mass is 32.2. The SMILES string of the molecule is CCCOC1CCCN(C(=O)C2CCN(S(=O)(=O)c3ccc(C(=O)O)o3)CC2)CC1. The molecule has 1 aromatic heterocycles. The Bertz CT molecular complexity index is 843. The molecule has 0 bridgehead atoms. The number of furan rings is 1. The molecule has 9 nitrogen and oxygen atoms in total. The van der Waals surface area contributed by atoms with Gasteiger partial charge in [0.15, 0.2) is 0 Å². The van der Waals surface area contributed by atoms with Crippen LogP contribution in [0, 0.1) is 5.92 Å². The highest BCUT2D eigenvalue weighted by Gasteiger charge is 2.36. The number of rotatable bonds is 7. The van der Waals surface area contributed by atoms with E-state index < -0.39 is 21.8 Å². The zero-order chi connectivity index (χ0) is 21.7. The van der Waals surface area contributed by atoms with Gasteiger partial charge in [0.1, 0.15) is 0 Å². The second kappa shape index (κ2) is 9.93. The fourth-order valence-corrected chi connectivity index (χ4v) is 5.42. The van der Waals surface area contributed by atoms with Gasteiger partial charge < -0.3 is 19.2 Å². The van der Waals surface area contributed by atoms with Crippen LogP contribution < -0.4 is 0 Å². The molecular weight excluding hydrogens is 412 g/mol. The van der Waals surface area contributed by atoms with Gasteiger partial charge in [0, 0.05) is 38.7 Å². The van der Waals surface area contributed by atoms with Gasteiger partial charge in [-0.3, -0.25) is 4.79 Å². The van der Waals surface area contributed by atoms with Crippen LogP contribution in [0.2, 0.25) is 0 Å². The number of carboxylic acids is 1. The van der Waals surface area contributed by atoms with Crippen LogP contribution in [-0.2, 0) is 19.6 Å². The van der Waals surface area contributed by atoms with Gasteiger partial charge in [-0.05, 0) is 50.7 Å². The maximum atomic E-state index is 13.0. The van der Waals surface area contributed by atoms with Gasteiger partial charge >= 0.3 is 5.97 Å². The summed E-state index contributed by atoms with van der Waals surface area (Å²) >= 11 is 0. The van der Waals surface area contributed by atoms with Crippen LogP contribution in [0.15, 0.2) is 21.6 Å². The number of carbonyl (C=O) groups is 2. The van der Waals surface area contributed by atoms with Crippen LogP contribution in [-0.4, -0.2) is 73.5 Å². The number of hydrogen-bond acceptors (Lipinski definition) is 6. The minimum atomic E-state index is -3.91. The van der Waals surface area contributed by atoms with Crippen molar-refractivity contribution in [3.63, 3.8) is 0 Å². The van der Waals surface area contributed by atoms with Crippen molar-refractivity contribution in [3.05, 3.63) is 17.9 Å². The van der Waals surface area contributed by atoms with E-state index in [1.165, 1.54) is 4.31 Å². The van der Waals surface area contributed by atoms with E-state index in [0.717, 1.165) is 44.4 Å². The lowest BCUT2D eigenvalue weighted by molar-refractivity contribution is -0.136.